The number of hydrogen-bond donors (Lipinski definition) is 2. The van der Waals surface area contributed by atoms with Gasteiger partial charge >= 0.3 is 0 Å². The molecular weight excluding hydrogens is 366 g/mol. The molecule has 2 aliphatic heterocycles. The van der Waals surface area contributed by atoms with E-state index in [0.29, 0.717) is 12.0 Å². The Labute approximate surface area is 175 Å². The third kappa shape index (κ3) is 7.61. The quantitative estimate of drug-likeness (QED) is 0.357. The lowest BCUT2D eigenvalue weighted by Gasteiger charge is -2.31. The molecule has 2 saturated heterocycles. The third-order valence-corrected chi connectivity index (χ3v) is 5.49. The summed E-state index contributed by atoms with van der Waals surface area (Å²) in [5.74, 6) is 1.29. The van der Waals surface area contributed by atoms with Crippen LogP contribution in [0.15, 0.2) is 35.3 Å². The van der Waals surface area contributed by atoms with Crippen LogP contribution < -0.4 is 10.6 Å². The van der Waals surface area contributed by atoms with E-state index in [1.54, 1.807) is 0 Å². The molecule has 6 heteroatoms. The van der Waals surface area contributed by atoms with Crippen LogP contribution >= 0.6 is 0 Å². The molecule has 2 heterocycles. The summed E-state index contributed by atoms with van der Waals surface area (Å²) in [5, 5.41) is 6.78. The molecule has 1 aromatic rings. The molecule has 2 aliphatic rings. The largest absolute Gasteiger partial charge is 0.379 e. The first kappa shape index (κ1) is 22.1. The second kappa shape index (κ2) is 12.8. The minimum atomic E-state index is 0.141. The predicted molar refractivity (Wildman–Crippen MR) is 116 cm³/mol. The monoisotopic (exact) mass is 403 g/mol. The minimum Gasteiger partial charge on any atom is -0.379 e. The fourth-order valence-corrected chi connectivity index (χ4v) is 3.96. The molecule has 1 aromatic carbocycles. The van der Waals surface area contributed by atoms with Gasteiger partial charge < -0.3 is 24.8 Å². The summed E-state index contributed by atoms with van der Waals surface area (Å²) in [6.45, 7) is 7.75. The molecule has 3 unspecified atom stereocenters. The van der Waals surface area contributed by atoms with Crippen LogP contribution in [0.4, 0.5) is 0 Å². The molecule has 0 aliphatic carbocycles. The first-order chi connectivity index (χ1) is 14.4. The van der Waals surface area contributed by atoms with Crippen molar-refractivity contribution in [2.24, 2.45) is 10.9 Å². The highest BCUT2D eigenvalue weighted by Gasteiger charge is 2.27. The number of rotatable bonds is 10. The van der Waals surface area contributed by atoms with Crippen molar-refractivity contribution in [3.63, 3.8) is 0 Å². The van der Waals surface area contributed by atoms with E-state index in [9.17, 15) is 0 Å². The van der Waals surface area contributed by atoms with Crippen molar-refractivity contribution >= 4 is 5.96 Å². The van der Waals surface area contributed by atoms with E-state index in [1.165, 1.54) is 5.56 Å². The Bertz CT molecular complexity index is 590. The van der Waals surface area contributed by atoms with Crippen molar-refractivity contribution < 1.29 is 14.2 Å². The molecule has 0 spiro atoms. The average molecular weight is 404 g/mol. The van der Waals surface area contributed by atoms with Crippen molar-refractivity contribution in [1.29, 1.82) is 0 Å². The number of hydrogen-bond acceptors (Lipinski definition) is 4. The van der Waals surface area contributed by atoms with Gasteiger partial charge in [-0.15, -0.1) is 0 Å². The minimum absolute atomic E-state index is 0.141. The van der Waals surface area contributed by atoms with E-state index in [0.717, 1.165) is 84.1 Å². The zero-order valence-corrected chi connectivity index (χ0v) is 17.8. The lowest BCUT2D eigenvalue weighted by atomic mass is 9.89. The van der Waals surface area contributed by atoms with E-state index in [2.05, 4.69) is 47.9 Å². The highest BCUT2D eigenvalue weighted by atomic mass is 16.5. The van der Waals surface area contributed by atoms with Gasteiger partial charge in [0.1, 0.15) is 0 Å². The zero-order valence-electron chi connectivity index (χ0n) is 17.8. The molecule has 0 radical (unpaired) electrons. The van der Waals surface area contributed by atoms with Gasteiger partial charge in [-0.05, 0) is 44.6 Å². The second-order valence-electron chi connectivity index (χ2n) is 7.81. The fraction of sp³-hybridized carbons (Fsp3) is 0.696. The van der Waals surface area contributed by atoms with E-state index in [4.69, 9.17) is 19.2 Å². The summed E-state index contributed by atoms with van der Waals surface area (Å²) < 4.78 is 17.4. The number of nitrogens with zero attached hydrogens (tertiary/aromatic N) is 1. The molecule has 2 N–H and O–H groups in total. The van der Waals surface area contributed by atoms with E-state index in [1.807, 2.05) is 0 Å². The summed E-state index contributed by atoms with van der Waals surface area (Å²) in [4.78, 5) is 4.85. The maximum absolute atomic E-state index is 6.10. The zero-order chi connectivity index (χ0) is 20.2. The van der Waals surface area contributed by atoms with Gasteiger partial charge in [0.2, 0.25) is 0 Å². The number of ether oxygens (including phenoxy) is 3. The van der Waals surface area contributed by atoms with Gasteiger partial charge in [0, 0.05) is 45.4 Å². The summed E-state index contributed by atoms with van der Waals surface area (Å²) >= 11 is 0. The third-order valence-electron chi connectivity index (χ3n) is 5.49. The molecule has 0 aromatic heterocycles. The molecule has 0 saturated carbocycles. The number of aliphatic imine (C=N–C) groups is 1. The molecule has 2 fully saturated rings. The molecule has 0 bridgehead atoms. The summed E-state index contributed by atoms with van der Waals surface area (Å²) in [6.07, 6.45) is 5.95. The standard InChI is InChI=1S/C23H37N3O3/c1-2-24-23(25-13-8-14-27-18-21-12-7-15-28-21)26-17-20-11-6-16-29-22(20)19-9-4-3-5-10-19/h3-5,9-10,20-22H,2,6-8,11-18H2,1H3,(H2,24,25,26). The van der Waals surface area contributed by atoms with Crippen LogP contribution in [-0.4, -0.2) is 58.1 Å². The maximum Gasteiger partial charge on any atom is 0.191 e. The van der Waals surface area contributed by atoms with Crippen molar-refractivity contribution in [3.05, 3.63) is 35.9 Å². The van der Waals surface area contributed by atoms with Crippen LogP contribution in [0.1, 0.15) is 50.7 Å². The Kier molecular flexibility index (Phi) is 9.76. The van der Waals surface area contributed by atoms with Crippen molar-refractivity contribution in [2.45, 2.75) is 51.2 Å². The second-order valence-corrected chi connectivity index (χ2v) is 7.81. The SMILES string of the molecule is CCNC(=NCC1CCCOC1c1ccccc1)NCCCOCC1CCCO1. The van der Waals surface area contributed by atoms with Crippen LogP contribution in [0.2, 0.25) is 0 Å². The van der Waals surface area contributed by atoms with Gasteiger partial charge in [-0.25, -0.2) is 0 Å². The fourth-order valence-electron chi connectivity index (χ4n) is 3.96. The highest BCUT2D eigenvalue weighted by Crippen LogP contribution is 2.33. The summed E-state index contributed by atoms with van der Waals surface area (Å²) in [7, 11) is 0. The van der Waals surface area contributed by atoms with Crippen molar-refractivity contribution in [2.75, 3.05) is 46.1 Å². The van der Waals surface area contributed by atoms with Crippen molar-refractivity contribution in [1.82, 2.24) is 10.6 Å². The first-order valence-corrected chi connectivity index (χ1v) is 11.2. The van der Waals surface area contributed by atoms with Crippen LogP contribution in [0.3, 0.4) is 0 Å². The topological polar surface area (TPSA) is 64.1 Å². The Hall–Kier alpha value is -1.63. The van der Waals surface area contributed by atoms with Gasteiger partial charge in [-0.2, -0.15) is 0 Å². The van der Waals surface area contributed by atoms with Crippen LogP contribution in [-0.2, 0) is 14.2 Å². The van der Waals surface area contributed by atoms with Crippen LogP contribution in [0, 0.1) is 5.92 Å². The average Bonchev–Trinajstić information content (AvgIpc) is 3.29. The molecule has 3 rings (SSSR count). The van der Waals surface area contributed by atoms with E-state index < -0.39 is 0 Å². The molecule has 29 heavy (non-hydrogen) atoms. The molecule has 6 nitrogen and oxygen atoms in total. The maximum atomic E-state index is 6.10. The summed E-state index contributed by atoms with van der Waals surface area (Å²) in [6, 6.07) is 10.5. The Morgan fingerprint density at radius 3 is 2.72 bits per heavy atom. The first-order valence-electron chi connectivity index (χ1n) is 11.2. The van der Waals surface area contributed by atoms with Gasteiger partial charge in [-0.3, -0.25) is 4.99 Å². The van der Waals surface area contributed by atoms with E-state index in [-0.39, 0.29) is 6.10 Å². The predicted octanol–water partition coefficient (Wildman–Crippen LogP) is 3.30. The van der Waals surface area contributed by atoms with Gasteiger partial charge in [0.25, 0.3) is 0 Å². The smallest absolute Gasteiger partial charge is 0.191 e. The molecular formula is C23H37N3O3. The van der Waals surface area contributed by atoms with Gasteiger partial charge in [0.05, 0.1) is 18.8 Å². The number of benzene rings is 1. The highest BCUT2D eigenvalue weighted by molar-refractivity contribution is 5.79. The normalized spacial score (nSPS) is 25.1. The lowest BCUT2D eigenvalue weighted by Crippen LogP contribution is -2.39. The Morgan fingerprint density at radius 2 is 1.93 bits per heavy atom. The van der Waals surface area contributed by atoms with Crippen LogP contribution in [0.25, 0.3) is 0 Å². The molecule has 3 atom stereocenters. The Morgan fingerprint density at radius 1 is 1.10 bits per heavy atom. The Balaban J connectivity index is 1.41. The van der Waals surface area contributed by atoms with Crippen molar-refractivity contribution in [3.8, 4) is 0 Å². The summed E-state index contributed by atoms with van der Waals surface area (Å²) in [5.41, 5.74) is 1.26. The lowest BCUT2D eigenvalue weighted by molar-refractivity contribution is -0.0250. The molecule has 0 amide bonds. The van der Waals surface area contributed by atoms with E-state index >= 15 is 0 Å². The van der Waals surface area contributed by atoms with Crippen LogP contribution in [0.5, 0.6) is 0 Å². The number of guanidine groups is 1. The molecule has 162 valence electrons. The van der Waals surface area contributed by atoms with Gasteiger partial charge in [-0.1, -0.05) is 30.3 Å². The van der Waals surface area contributed by atoms with Gasteiger partial charge in [0.15, 0.2) is 5.96 Å². The number of nitrogens with one attached hydrogen (secondary N) is 2.